The van der Waals surface area contributed by atoms with Gasteiger partial charge in [-0.05, 0) is 17.7 Å². The lowest BCUT2D eigenvalue weighted by Gasteiger charge is -2.19. The van der Waals surface area contributed by atoms with Crippen LogP contribution in [0, 0.1) is 5.92 Å². The van der Waals surface area contributed by atoms with Crippen LogP contribution in [-0.4, -0.2) is 11.3 Å². The number of fused-ring (bicyclic) bond motifs is 1. The van der Waals surface area contributed by atoms with Gasteiger partial charge < -0.3 is 4.74 Å². The fourth-order valence-corrected chi connectivity index (χ4v) is 1.59. The SMILES string of the molecule is O=C(Cl)C1=CC=CC2C=COC12. The Morgan fingerprint density at radius 1 is 1.50 bits per heavy atom. The second-order valence-corrected chi connectivity index (χ2v) is 3.09. The molecule has 0 aromatic carbocycles. The van der Waals surface area contributed by atoms with E-state index in [0.29, 0.717) is 5.57 Å². The summed E-state index contributed by atoms with van der Waals surface area (Å²) in [5.41, 5.74) is 0.536. The zero-order chi connectivity index (χ0) is 8.55. The van der Waals surface area contributed by atoms with Crippen molar-refractivity contribution in [3.63, 3.8) is 0 Å². The Bertz CT molecular complexity index is 302. The van der Waals surface area contributed by atoms with Crippen LogP contribution in [0.5, 0.6) is 0 Å². The standard InChI is InChI=1S/C9H7ClO2/c10-9(11)7-3-1-2-6-4-5-12-8(6)7/h1-6,8H. The highest BCUT2D eigenvalue weighted by Gasteiger charge is 2.30. The molecule has 2 unspecified atom stereocenters. The molecule has 1 aliphatic heterocycles. The van der Waals surface area contributed by atoms with Crippen LogP contribution in [0.15, 0.2) is 36.1 Å². The molecule has 2 atom stereocenters. The van der Waals surface area contributed by atoms with Crippen molar-refractivity contribution in [2.45, 2.75) is 6.10 Å². The molecule has 62 valence electrons. The average molecular weight is 183 g/mol. The summed E-state index contributed by atoms with van der Waals surface area (Å²) in [6.45, 7) is 0. The number of hydrogen-bond donors (Lipinski definition) is 0. The molecule has 0 radical (unpaired) electrons. The summed E-state index contributed by atoms with van der Waals surface area (Å²) in [4.78, 5) is 10.9. The number of hydrogen-bond acceptors (Lipinski definition) is 2. The van der Waals surface area contributed by atoms with Gasteiger partial charge in [-0.15, -0.1) is 0 Å². The van der Waals surface area contributed by atoms with E-state index in [1.807, 2.05) is 18.2 Å². The molecule has 3 heteroatoms. The summed E-state index contributed by atoms with van der Waals surface area (Å²) >= 11 is 5.37. The topological polar surface area (TPSA) is 26.3 Å². The Balaban J connectivity index is 2.30. The normalized spacial score (nSPS) is 30.9. The molecule has 0 aromatic rings. The van der Waals surface area contributed by atoms with Gasteiger partial charge in [-0.25, -0.2) is 0 Å². The zero-order valence-corrected chi connectivity index (χ0v) is 6.99. The van der Waals surface area contributed by atoms with Crippen LogP contribution < -0.4 is 0 Å². The van der Waals surface area contributed by atoms with Crippen molar-refractivity contribution in [2.75, 3.05) is 0 Å². The van der Waals surface area contributed by atoms with Crippen molar-refractivity contribution in [1.29, 1.82) is 0 Å². The van der Waals surface area contributed by atoms with Gasteiger partial charge in [0.2, 0.25) is 0 Å². The quantitative estimate of drug-likeness (QED) is 0.578. The fraction of sp³-hybridized carbons (Fsp3) is 0.222. The maximum atomic E-state index is 10.9. The summed E-state index contributed by atoms with van der Waals surface area (Å²) in [5, 5.41) is -0.432. The highest BCUT2D eigenvalue weighted by molar-refractivity contribution is 6.67. The van der Waals surface area contributed by atoms with Gasteiger partial charge in [0.15, 0.2) is 0 Å². The number of ether oxygens (including phenoxy) is 1. The number of rotatable bonds is 1. The molecule has 0 spiro atoms. The molecule has 0 bridgehead atoms. The van der Waals surface area contributed by atoms with E-state index >= 15 is 0 Å². The zero-order valence-electron chi connectivity index (χ0n) is 6.24. The number of halogens is 1. The van der Waals surface area contributed by atoms with Gasteiger partial charge in [0.25, 0.3) is 5.24 Å². The van der Waals surface area contributed by atoms with Gasteiger partial charge in [0, 0.05) is 5.92 Å². The lowest BCUT2D eigenvalue weighted by atomic mass is 9.93. The molecule has 2 nitrogen and oxygen atoms in total. The molecular formula is C9H7ClO2. The third kappa shape index (κ3) is 1.08. The van der Waals surface area contributed by atoms with Crippen LogP contribution in [0.2, 0.25) is 0 Å². The highest BCUT2D eigenvalue weighted by Crippen LogP contribution is 2.29. The van der Waals surface area contributed by atoms with E-state index in [-0.39, 0.29) is 12.0 Å². The van der Waals surface area contributed by atoms with Crippen LogP contribution in [0.25, 0.3) is 0 Å². The molecule has 2 rings (SSSR count). The van der Waals surface area contributed by atoms with Crippen molar-refractivity contribution in [1.82, 2.24) is 0 Å². The van der Waals surface area contributed by atoms with Gasteiger partial charge >= 0.3 is 0 Å². The van der Waals surface area contributed by atoms with Crippen molar-refractivity contribution in [3.8, 4) is 0 Å². The van der Waals surface area contributed by atoms with E-state index in [1.54, 1.807) is 12.3 Å². The molecule has 0 aromatic heterocycles. The smallest absolute Gasteiger partial charge is 0.252 e. The summed E-state index contributed by atoms with van der Waals surface area (Å²) in [6, 6.07) is 0. The van der Waals surface area contributed by atoms with Gasteiger partial charge in [-0.3, -0.25) is 4.79 Å². The number of allylic oxidation sites excluding steroid dienone is 2. The minimum absolute atomic E-state index is 0.174. The first-order valence-electron chi connectivity index (χ1n) is 3.69. The summed E-state index contributed by atoms with van der Waals surface area (Å²) in [6.07, 6.45) is 8.84. The van der Waals surface area contributed by atoms with Crippen LogP contribution in [0.1, 0.15) is 0 Å². The van der Waals surface area contributed by atoms with Crippen molar-refractivity contribution in [3.05, 3.63) is 36.1 Å². The van der Waals surface area contributed by atoms with E-state index in [9.17, 15) is 4.79 Å². The van der Waals surface area contributed by atoms with Crippen LogP contribution in [0.3, 0.4) is 0 Å². The van der Waals surface area contributed by atoms with E-state index in [4.69, 9.17) is 16.3 Å². The Labute approximate surface area is 75.2 Å². The number of carbonyl (C=O) groups excluding carboxylic acids is 1. The second-order valence-electron chi connectivity index (χ2n) is 2.74. The first-order chi connectivity index (χ1) is 5.79. The monoisotopic (exact) mass is 182 g/mol. The Hall–Kier alpha value is -1.02. The maximum absolute atomic E-state index is 10.9. The molecule has 1 heterocycles. The second kappa shape index (κ2) is 2.79. The summed E-state index contributed by atoms with van der Waals surface area (Å²) in [7, 11) is 0. The number of carbonyl (C=O) groups is 1. The van der Waals surface area contributed by atoms with E-state index in [2.05, 4.69) is 0 Å². The van der Waals surface area contributed by atoms with Gasteiger partial charge in [0.05, 0.1) is 11.8 Å². The first-order valence-corrected chi connectivity index (χ1v) is 4.07. The predicted octanol–water partition coefficient (Wildman–Crippen LogP) is 1.78. The molecular weight excluding hydrogens is 176 g/mol. The molecule has 0 saturated carbocycles. The van der Waals surface area contributed by atoms with Crippen LogP contribution in [-0.2, 0) is 9.53 Å². The maximum Gasteiger partial charge on any atom is 0.252 e. The van der Waals surface area contributed by atoms with Crippen LogP contribution >= 0.6 is 11.6 Å². The molecule has 1 aliphatic carbocycles. The first kappa shape index (κ1) is 7.62. The summed E-state index contributed by atoms with van der Waals surface area (Å²) < 4.78 is 5.23. The highest BCUT2D eigenvalue weighted by atomic mass is 35.5. The molecule has 2 aliphatic rings. The third-order valence-electron chi connectivity index (χ3n) is 2.02. The molecule has 0 N–H and O–H groups in total. The van der Waals surface area contributed by atoms with Crippen molar-refractivity contribution < 1.29 is 9.53 Å². The lowest BCUT2D eigenvalue weighted by molar-refractivity contribution is -0.109. The van der Waals surface area contributed by atoms with Gasteiger partial charge in [-0.1, -0.05) is 18.2 Å². The van der Waals surface area contributed by atoms with Crippen LogP contribution in [0.4, 0.5) is 0 Å². The average Bonchev–Trinajstić information content (AvgIpc) is 2.49. The molecule has 12 heavy (non-hydrogen) atoms. The fourth-order valence-electron chi connectivity index (χ4n) is 1.42. The molecule has 0 saturated heterocycles. The minimum Gasteiger partial charge on any atom is -0.493 e. The molecule has 0 fully saturated rings. The van der Waals surface area contributed by atoms with Crippen molar-refractivity contribution >= 4 is 16.8 Å². The van der Waals surface area contributed by atoms with E-state index in [0.717, 1.165) is 0 Å². The minimum atomic E-state index is -0.432. The largest absolute Gasteiger partial charge is 0.493 e. The van der Waals surface area contributed by atoms with E-state index in [1.165, 1.54) is 0 Å². The third-order valence-corrected chi connectivity index (χ3v) is 2.24. The Morgan fingerprint density at radius 2 is 2.33 bits per heavy atom. The van der Waals surface area contributed by atoms with Gasteiger partial charge in [0.1, 0.15) is 6.10 Å². The van der Waals surface area contributed by atoms with Crippen molar-refractivity contribution in [2.24, 2.45) is 5.92 Å². The Kier molecular flexibility index (Phi) is 1.77. The predicted molar refractivity (Wildman–Crippen MR) is 45.6 cm³/mol. The van der Waals surface area contributed by atoms with E-state index < -0.39 is 5.24 Å². The lowest BCUT2D eigenvalue weighted by Crippen LogP contribution is -2.23. The van der Waals surface area contributed by atoms with Gasteiger partial charge in [-0.2, -0.15) is 0 Å². The molecule has 0 amide bonds. The summed E-state index contributed by atoms with van der Waals surface area (Å²) in [5.74, 6) is 0.174. The Morgan fingerprint density at radius 3 is 3.08 bits per heavy atom.